The summed E-state index contributed by atoms with van der Waals surface area (Å²) in [5.74, 6) is 2.63. The minimum absolute atomic E-state index is 0.636. The molecule has 1 aliphatic rings. The monoisotopic (exact) mass is 225 g/mol. The van der Waals surface area contributed by atoms with Gasteiger partial charge < -0.3 is 10.2 Å². The number of guanidine groups is 1. The van der Waals surface area contributed by atoms with E-state index >= 15 is 0 Å². The topological polar surface area (TPSA) is 27.6 Å². The molecule has 0 aromatic heterocycles. The highest BCUT2D eigenvalue weighted by molar-refractivity contribution is 5.80. The molecular formula is C13H27N3. The molecule has 0 spiro atoms. The van der Waals surface area contributed by atoms with Gasteiger partial charge in [-0.3, -0.25) is 4.99 Å². The van der Waals surface area contributed by atoms with Crippen molar-refractivity contribution in [3.8, 4) is 0 Å². The Hall–Kier alpha value is -0.730. The Morgan fingerprint density at radius 3 is 2.50 bits per heavy atom. The third kappa shape index (κ3) is 4.42. The summed E-state index contributed by atoms with van der Waals surface area (Å²) in [6.45, 7) is 13.1. The van der Waals surface area contributed by atoms with Crippen LogP contribution in [0.4, 0.5) is 0 Å². The first-order chi connectivity index (χ1) is 7.63. The van der Waals surface area contributed by atoms with Crippen LogP contribution in [0.25, 0.3) is 0 Å². The quantitative estimate of drug-likeness (QED) is 0.590. The highest BCUT2D eigenvalue weighted by Crippen LogP contribution is 2.15. The second-order valence-corrected chi connectivity index (χ2v) is 5.26. The van der Waals surface area contributed by atoms with Crippen molar-refractivity contribution in [2.75, 3.05) is 26.2 Å². The molecule has 0 aliphatic carbocycles. The summed E-state index contributed by atoms with van der Waals surface area (Å²) in [4.78, 5) is 7.10. The van der Waals surface area contributed by atoms with Crippen LogP contribution in [0.1, 0.15) is 40.5 Å². The second kappa shape index (κ2) is 6.77. The van der Waals surface area contributed by atoms with E-state index in [4.69, 9.17) is 4.99 Å². The summed E-state index contributed by atoms with van der Waals surface area (Å²) in [7, 11) is 0. The van der Waals surface area contributed by atoms with Crippen molar-refractivity contribution in [3.05, 3.63) is 0 Å². The van der Waals surface area contributed by atoms with Crippen LogP contribution >= 0.6 is 0 Å². The molecular weight excluding hydrogens is 198 g/mol. The van der Waals surface area contributed by atoms with Crippen molar-refractivity contribution in [3.63, 3.8) is 0 Å². The van der Waals surface area contributed by atoms with Crippen LogP contribution < -0.4 is 5.32 Å². The Labute approximate surface area is 100 Å². The van der Waals surface area contributed by atoms with Gasteiger partial charge in [-0.2, -0.15) is 0 Å². The smallest absolute Gasteiger partial charge is 0.193 e. The largest absolute Gasteiger partial charge is 0.357 e. The Kier molecular flexibility index (Phi) is 5.64. The molecule has 0 amide bonds. The number of hydrogen-bond donors (Lipinski definition) is 1. The van der Waals surface area contributed by atoms with Crippen LogP contribution in [0.3, 0.4) is 0 Å². The first kappa shape index (κ1) is 13.3. The predicted molar refractivity (Wildman–Crippen MR) is 70.8 cm³/mol. The van der Waals surface area contributed by atoms with Gasteiger partial charge in [-0.1, -0.05) is 20.8 Å². The third-order valence-corrected chi connectivity index (χ3v) is 3.02. The Balaban J connectivity index is 2.52. The fraction of sp³-hybridized carbons (Fsp3) is 0.923. The zero-order valence-corrected chi connectivity index (χ0v) is 11.3. The predicted octanol–water partition coefficient (Wildman–Crippen LogP) is 2.34. The van der Waals surface area contributed by atoms with Gasteiger partial charge in [-0.25, -0.2) is 0 Å². The molecule has 1 N–H and O–H groups in total. The Morgan fingerprint density at radius 2 is 2.00 bits per heavy atom. The fourth-order valence-corrected chi connectivity index (χ4v) is 1.92. The van der Waals surface area contributed by atoms with Gasteiger partial charge in [0.2, 0.25) is 0 Å². The van der Waals surface area contributed by atoms with E-state index in [0.29, 0.717) is 5.92 Å². The van der Waals surface area contributed by atoms with Gasteiger partial charge in [0.25, 0.3) is 0 Å². The highest BCUT2D eigenvalue weighted by Gasteiger charge is 2.18. The summed E-state index contributed by atoms with van der Waals surface area (Å²) >= 11 is 0. The molecule has 0 aromatic carbocycles. The number of nitrogens with one attached hydrogen (secondary N) is 1. The van der Waals surface area contributed by atoms with Gasteiger partial charge in [-0.15, -0.1) is 0 Å². The van der Waals surface area contributed by atoms with Crippen LogP contribution in [-0.2, 0) is 0 Å². The lowest BCUT2D eigenvalue weighted by atomic mass is 10.00. The molecule has 0 radical (unpaired) electrons. The van der Waals surface area contributed by atoms with Crippen molar-refractivity contribution in [1.82, 2.24) is 10.2 Å². The van der Waals surface area contributed by atoms with Gasteiger partial charge in [-0.05, 0) is 31.6 Å². The number of likely N-dealkylation sites (tertiary alicyclic amines) is 1. The molecule has 0 atom stereocenters. The average molecular weight is 225 g/mol. The molecule has 3 nitrogen and oxygen atoms in total. The Morgan fingerprint density at radius 1 is 1.38 bits per heavy atom. The van der Waals surface area contributed by atoms with Crippen molar-refractivity contribution < 1.29 is 0 Å². The summed E-state index contributed by atoms with van der Waals surface area (Å²) in [6.07, 6.45) is 2.60. The number of piperidine rings is 1. The van der Waals surface area contributed by atoms with E-state index in [1.165, 1.54) is 12.8 Å². The zero-order valence-electron chi connectivity index (χ0n) is 11.3. The number of nitrogens with zero attached hydrogens (tertiary/aromatic N) is 2. The normalized spacial score (nSPS) is 19.3. The lowest BCUT2D eigenvalue weighted by molar-refractivity contribution is 0.273. The van der Waals surface area contributed by atoms with Crippen molar-refractivity contribution in [1.29, 1.82) is 0 Å². The molecule has 0 saturated carbocycles. The first-order valence-electron chi connectivity index (χ1n) is 6.66. The van der Waals surface area contributed by atoms with Crippen LogP contribution in [0.5, 0.6) is 0 Å². The van der Waals surface area contributed by atoms with E-state index in [1.54, 1.807) is 0 Å². The molecule has 1 heterocycles. The van der Waals surface area contributed by atoms with E-state index < -0.39 is 0 Å². The SMILES string of the molecule is CCNC(=NCC(C)C)N1CCC(C)CC1. The number of aliphatic imine (C=N–C) groups is 1. The molecule has 1 saturated heterocycles. The summed E-state index contributed by atoms with van der Waals surface area (Å²) < 4.78 is 0. The summed E-state index contributed by atoms with van der Waals surface area (Å²) in [6, 6.07) is 0. The standard InChI is InChI=1S/C13H27N3/c1-5-14-13(15-10-11(2)3)16-8-6-12(4)7-9-16/h11-12H,5-10H2,1-4H3,(H,14,15). The molecule has 0 aromatic rings. The van der Waals surface area contributed by atoms with Crippen molar-refractivity contribution >= 4 is 5.96 Å². The minimum atomic E-state index is 0.636. The maximum atomic E-state index is 4.69. The third-order valence-electron chi connectivity index (χ3n) is 3.02. The highest BCUT2D eigenvalue weighted by atomic mass is 15.3. The van der Waals surface area contributed by atoms with Gasteiger partial charge in [0, 0.05) is 26.2 Å². The number of rotatable bonds is 3. The van der Waals surface area contributed by atoms with E-state index in [-0.39, 0.29) is 0 Å². The van der Waals surface area contributed by atoms with E-state index in [2.05, 4.69) is 37.9 Å². The summed E-state index contributed by atoms with van der Waals surface area (Å²) in [5, 5.41) is 3.40. The maximum Gasteiger partial charge on any atom is 0.193 e. The number of hydrogen-bond acceptors (Lipinski definition) is 1. The molecule has 0 bridgehead atoms. The lowest BCUT2D eigenvalue weighted by Crippen LogP contribution is -2.45. The lowest BCUT2D eigenvalue weighted by Gasteiger charge is -2.33. The molecule has 1 aliphatic heterocycles. The molecule has 1 fully saturated rings. The van der Waals surface area contributed by atoms with E-state index in [1.807, 2.05) is 0 Å². The van der Waals surface area contributed by atoms with Crippen LogP contribution in [0.2, 0.25) is 0 Å². The van der Waals surface area contributed by atoms with Gasteiger partial charge in [0.15, 0.2) is 5.96 Å². The molecule has 16 heavy (non-hydrogen) atoms. The van der Waals surface area contributed by atoms with Crippen LogP contribution in [0, 0.1) is 11.8 Å². The minimum Gasteiger partial charge on any atom is -0.357 e. The van der Waals surface area contributed by atoms with Crippen molar-refractivity contribution in [2.24, 2.45) is 16.8 Å². The average Bonchev–Trinajstić information content (AvgIpc) is 2.25. The van der Waals surface area contributed by atoms with Crippen molar-refractivity contribution in [2.45, 2.75) is 40.5 Å². The molecule has 1 rings (SSSR count). The van der Waals surface area contributed by atoms with Crippen LogP contribution in [0.15, 0.2) is 4.99 Å². The van der Waals surface area contributed by atoms with Crippen LogP contribution in [-0.4, -0.2) is 37.0 Å². The molecule has 94 valence electrons. The van der Waals surface area contributed by atoms with Gasteiger partial charge >= 0.3 is 0 Å². The maximum absolute atomic E-state index is 4.69. The molecule has 0 unspecified atom stereocenters. The Bertz CT molecular complexity index is 215. The fourth-order valence-electron chi connectivity index (χ4n) is 1.92. The molecule has 3 heteroatoms. The first-order valence-corrected chi connectivity index (χ1v) is 6.66. The van der Waals surface area contributed by atoms with Gasteiger partial charge in [0.1, 0.15) is 0 Å². The second-order valence-electron chi connectivity index (χ2n) is 5.26. The summed E-state index contributed by atoms with van der Waals surface area (Å²) in [5.41, 5.74) is 0. The van der Waals surface area contributed by atoms with Gasteiger partial charge in [0.05, 0.1) is 0 Å². The van der Waals surface area contributed by atoms with E-state index in [9.17, 15) is 0 Å². The van der Waals surface area contributed by atoms with E-state index in [0.717, 1.165) is 38.1 Å². The zero-order chi connectivity index (χ0) is 12.0.